The molecule has 9 nitrogen and oxygen atoms in total. The number of fused-ring (bicyclic) bond motifs is 2. The number of amides is 3. The third-order valence-electron chi connectivity index (χ3n) is 4.90. The Hall–Kier alpha value is -2.88. The summed E-state index contributed by atoms with van der Waals surface area (Å²) < 4.78 is 26.0. The number of carbonyl (C=O) groups is 3. The van der Waals surface area contributed by atoms with Crippen LogP contribution < -0.4 is 15.6 Å². The number of aliphatic carboxylic acids is 1. The van der Waals surface area contributed by atoms with Crippen molar-refractivity contribution in [2.75, 3.05) is 0 Å². The minimum Gasteiger partial charge on any atom is -0.481 e. The van der Waals surface area contributed by atoms with E-state index in [9.17, 15) is 27.9 Å². The fourth-order valence-corrected chi connectivity index (χ4v) is 4.55. The third kappa shape index (κ3) is 3.80. The van der Waals surface area contributed by atoms with Crippen LogP contribution in [0.2, 0.25) is 0 Å². The monoisotopic (exact) mass is 393 g/mol. The molecule has 0 saturated heterocycles. The Kier molecular flexibility index (Phi) is 4.92. The lowest BCUT2D eigenvalue weighted by Gasteiger charge is -2.23. The van der Waals surface area contributed by atoms with Gasteiger partial charge in [-0.05, 0) is 37.3 Å². The lowest BCUT2D eigenvalue weighted by atomic mass is 9.82. The van der Waals surface area contributed by atoms with Crippen LogP contribution in [0.3, 0.4) is 0 Å². The summed E-state index contributed by atoms with van der Waals surface area (Å²) in [6.45, 7) is 1.79. The summed E-state index contributed by atoms with van der Waals surface area (Å²) in [5.74, 6) is -3.83. The van der Waals surface area contributed by atoms with Gasteiger partial charge in [-0.1, -0.05) is 29.8 Å². The van der Waals surface area contributed by atoms with E-state index in [2.05, 4.69) is 5.43 Å². The van der Waals surface area contributed by atoms with Crippen LogP contribution in [0.4, 0.5) is 4.79 Å². The van der Waals surface area contributed by atoms with E-state index in [1.54, 1.807) is 35.9 Å². The van der Waals surface area contributed by atoms with Gasteiger partial charge in [0, 0.05) is 0 Å². The molecule has 27 heavy (non-hydrogen) atoms. The topological polar surface area (TPSA) is 142 Å². The summed E-state index contributed by atoms with van der Waals surface area (Å²) in [5, 5.41) is 9.34. The molecule has 0 unspecified atom stereocenters. The first kappa shape index (κ1) is 18.9. The molecule has 0 aromatic heterocycles. The highest BCUT2D eigenvalue weighted by atomic mass is 32.2. The molecule has 1 fully saturated rings. The fourth-order valence-electron chi connectivity index (χ4n) is 3.64. The van der Waals surface area contributed by atoms with Gasteiger partial charge in [0.1, 0.15) is 0 Å². The second-order valence-corrected chi connectivity index (χ2v) is 8.38. The molecular weight excluding hydrogens is 374 g/mol. The summed E-state index contributed by atoms with van der Waals surface area (Å²) in [7, 11) is -4.09. The zero-order chi connectivity index (χ0) is 19.8. The zero-order valence-corrected chi connectivity index (χ0v) is 15.2. The van der Waals surface area contributed by atoms with E-state index in [0.717, 1.165) is 5.56 Å². The molecule has 4 atom stereocenters. The summed E-state index contributed by atoms with van der Waals surface area (Å²) in [6.07, 6.45) is 4.17. The van der Waals surface area contributed by atoms with E-state index in [-0.39, 0.29) is 16.7 Å². The zero-order valence-electron chi connectivity index (χ0n) is 14.4. The first-order valence-corrected chi connectivity index (χ1v) is 9.78. The smallest absolute Gasteiger partial charge is 0.347 e. The van der Waals surface area contributed by atoms with E-state index in [1.165, 1.54) is 12.1 Å². The Labute approximate surface area is 155 Å². The molecule has 4 N–H and O–H groups in total. The number of carbonyl (C=O) groups excluding carboxylic acids is 2. The van der Waals surface area contributed by atoms with Crippen LogP contribution in [0, 0.1) is 30.6 Å². The molecule has 0 heterocycles. The Morgan fingerprint density at radius 2 is 1.59 bits per heavy atom. The number of urea groups is 1. The standard InChI is InChI=1S/C17H19N3O6S/c1-9-2-6-12(7-3-9)27(25,26)20-17(24)19-18-15(21)13-10-4-5-11(8-10)14(13)16(22)23/h2-7,10-11,13-14H,8H2,1H3,(H,18,21)(H,22,23)(H2,19,20,24)/t10-,11-,13-,14-/m0/s1. The average molecular weight is 393 g/mol. The summed E-state index contributed by atoms with van der Waals surface area (Å²) in [5.41, 5.74) is 4.94. The third-order valence-corrected chi connectivity index (χ3v) is 6.25. The van der Waals surface area contributed by atoms with Crippen LogP contribution in [-0.4, -0.2) is 31.4 Å². The Bertz CT molecular complexity index is 909. The lowest BCUT2D eigenvalue weighted by Crippen LogP contribution is -2.52. The second-order valence-electron chi connectivity index (χ2n) is 6.70. The van der Waals surface area contributed by atoms with Gasteiger partial charge in [0.05, 0.1) is 16.7 Å². The summed E-state index contributed by atoms with van der Waals surface area (Å²) in [4.78, 5) is 35.5. The maximum absolute atomic E-state index is 12.3. The van der Waals surface area contributed by atoms with E-state index in [0.29, 0.717) is 6.42 Å². The lowest BCUT2D eigenvalue weighted by molar-refractivity contribution is -0.147. The maximum Gasteiger partial charge on any atom is 0.347 e. The van der Waals surface area contributed by atoms with Crippen LogP contribution in [0.1, 0.15) is 12.0 Å². The molecule has 10 heteroatoms. The first-order chi connectivity index (χ1) is 12.7. The van der Waals surface area contributed by atoms with E-state index in [4.69, 9.17) is 0 Å². The predicted octanol–water partition coefficient (Wildman–Crippen LogP) is 0.537. The quantitative estimate of drug-likeness (QED) is 0.434. The molecule has 144 valence electrons. The van der Waals surface area contributed by atoms with Crippen molar-refractivity contribution in [3.05, 3.63) is 42.0 Å². The van der Waals surface area contributed by atoms with Crippen LogP contribution in [0.15, 0.2) is 41.3 Å². The molecule has 3 amide bonds. The maximum atomic E-state index is 12.3. The number of carboxylic acids is 1. The number of rotatable bonds is 4. The molecule has 0 spiro atoms. The van der Waals surface area contributed by atoms with Gasteiger partial charge in [-0.3, -0.25) is 15.0 Å². The molecule has 2 bridgehead atoms. The molecule has 0 aliphatic heterocycles. The number of sulfonamides is 1. The molecule has 1 aromatic rings. The molecular formula is C17H19N3O6S. The Morgan fingerprint density at radius 3 is 2.19 bits per heavy atom. The van der Waals surface area contributed by atoms with Crippen molar-refractivity contribution in [2.24, 2.45) is 23.7 Å². The van der Waals surface area contributed by atoms with Crippen molar-refractivity contribution in [2.45, 2.75) is 18.2 Å². The first-order valence-electron chi connectivity index (χ1n) is 8.29. The SMILES string of the molecule is Cc1ccc(S(=O)(=O)NC(=O)NNC(=O)[C@@H]2[C@@H](C(=O)O)[C@H]3C=C[C@H]2C3)cc1. The largest absolute Gasteiger partial charge is 0.481 e. The number of carboxylic acid groups (broad SMARTS) is 1. The van der Waals surface area contributed by atoms with E-state index in [1.807, 2.05) is 5.43 Å². The minimum atomic E-state index is -4.09. The van der Waals surface area contributed by atoms with Gasteiger partial charge >= 0.3 is 12.0 Å². The Balaban J connectivity index is 1.59. The molecule has 2 aliphatic rings. The van der Waals surface area contributed by atoms with E-state index >= 15 is 0 Å². The number of nitrogens with one attached hydrogen (secondary N) is 3. The number of aryl methyl sites for hydroxylation is 1. The minimum absolute atomic E-state index is 0.0984. The number of hydrogen-bond acceptors (Lipinski definition) is 5. The summed E-state index contributed by atoms with van der Waals surface area (Å²) >= 11 is 0. The van der Waals surface area contributed by atoms with Crippen molar-refractivity contribution in [1.29, 1.82) is 0 Å². The van der Waals surface area contributed by atoms with Crippen molar-refractivity contribution in [1.82, 2.24) is 15.6 Å². The van der Waals surface area contributed by atoms with Gasteiger partial charge < -0.3 is 5.11 Å². The van der Waals surface area contributed by atoms with Crippen LogP contribution in [0.5, 0.6) is 0 Å². The number of benzene rings is 1. The van der Waals surface area contributed by atoms with Crippen LogP contribution >= 0.6 is 0 Å². The molecule has 1 aromatic carbocycles. The van der Waals surface area contributed by atoms with Gasteiger partial charge in [0.15, 0.2) is 0 Å². The highest BCUT2D eigenvalue weighted by Gasteiger charge is 2.51. The number of hydrazine groups is 1. The van der Waals surface area contributed by atoms with Crippen molar-refractivity contribution < 1.29 is 27.9 Å². The van der Waals surface area contributed by atoms with Crippen LogP contribution in [-0.2, 0) is 19.6 Å². The molecule has 2 aliphatic carbocycles. The summed E-state index contributed by atoms with van der Waals surface area (Å²) in [6, 6.07) is 4.73. The van der Waals surface area contributed by atoms with E-state index < -0.39 is 39.8 Å². The van der Waals surface area contributed by atoms with Gasteiger partial charge in [0.25, 0.3) is 10.0 Å². The average Bonchev–Trinajstić information content (AvgIpc) is 3.21. The van der Waals surface area contributed by atoms with Crippen molar-refractivity contribution in [3.63, 3.8) is 0 Å². The fraction of sp³-hybridized carbons (Fsp3) is 0.353. The molecule has 0 radical (unpaired) electrons. The van der Waals surface area contributed by atoms with Crippen LogP contribution in [0.25, 0.3) is 0 Å². The molecule has 3 rings (SSSR count). The highest BCUT2D eigenvalue weighted by Crippen LogP contribution is 2.48. The normalized spacial score (nSPS) is 25.8. The number of hydrogen-bond donors (Lipinski definition) is 4. The second kappa shape index (κ2) is 7.03. The highest BCUT2D eigenvalue weighted by molar-refractivity contribution is 7.90. The van der Waals surface area contributed by atoms with Gasteiger partial charge in [0.2, 0.25) is 5.91 Å². The van der Waals surface area contributed by atoms with Gasteiger partial charge in [-0.15, -0.1) is 0 Å². The Morgan fingerprint density at radius 1 is 1.00 bits per heavy atom. The molecule has 1 saturated carbocycles. The predicted molar refractivity (Wildman–Crippen MR) is 93.5 cm³/mol. The van der Waals surface area contributed by atoms with Crippen molar-refractivity contribution >= 4 is 27.9 Å². The van der Waals surface area contributed by atoms with Gasteiger partial charge in [-0.25, -0.2) is 23.4 Å². The van der Waals surface area contributed by atoms with Gasteiger partial charge in [-0.2, -0.15) is 0 Å². The van der Waals surface area contributed by atoms with Crippen molar-refractivity contribution in [3.8, 4) is 0 Å². The number of allylic oxidation sites excluding steroid dienone is 2.